The Kier molecular flexibility index (Phi) is 2.88. The van der Waals surface area contributed by atoms with Gasteiger partial charge in [0.05, 0.1) is 6.04 Å². The number of hydrogen-bond donors (Lipinski definition) is 1. The second-order valence-electron chi connectivity index (χ2n) is 5.50. The Balaban J connectivity index is 1.66. The Morgan fingerprint density at radius 2 is 2.14 bits per heavy atom. The van der Waals surface area contributed by atoms with Gasteiger partial charge >= 0.3 is 0 Å². The summed E-state index contributed by atoms with van der Waals surface area (Å²) in [4.78, 5) is 5.79. The van der Waals surface area contributed by atoms with E-state index in [1.807, 2.05) is 25.3 Å². The van der Waals surface area contributed by atoms with E-state index in [1.165, 1.54) is 17.7 Å². The second-order valence-corrected chi connectivity index (χ2v) is 6.77. The van der Waals surface area contributed by atoms with Crippen molar-refractivity contribution >= 4 is 22.8 Å². The molecule has 21 heavy (non-hydrogen) atoms. The first-order valence-electron chi connectivity index (χ1n) is 7.08. The molecule has 1 saturated carbocycles. The van der Waals surface area contributed by atoms with Gasteiger partial charge < -0.3 is 5.32 Å². The van der Waals surface area contributed by atoms with Crippen molar-refractivity contribution in [3.05, 3.63) is 34.0 Å². The number of hydrogen-bond acceptors (Lipinski definition) is 6. The lowest BCUT2D eigenvalue weighted by molar-refractivity contribution is 0.666. The van der Waals surface area contributed by atoms with E-state index < -0.39 is 0 Å². The molecule has 1 unspecified atom stereocenters. The highest BCUT2D eigenvalue weighted by Gasteiger charge is 2.34. The molecule has 7 heteroatoms. The summed E-state index contributed by atoms with van der Waals surface area (Å²) < 4.78 is 1.76. The molecule has 1 aliphatic carbocycles. The number of rotatable bonds is 4. The third-order valence-electron chi connectivity index (χ3n) is 3.72. The van der Waals surface area contributed by atoms with Crippen LogP contribution in [0.2, 0.25) is 0 Å². The number of nitrogens with one attached hydrogen (secondary N) is 1. The first kappa shape index (κ1) is 12.7. The van der Waals surface area contributed by atoms with Crippen molar-refractivity contribution in [3.8, 4) is 0 Å². The molecule has 0 aliphatic heterocycles. The molecule has 0 spiro atoms. The minimum absolute atomic E-state index is 0.255. The molecule has 1 fully saturated rings. The van der Waals surface area contributed by atoms with Crippen LogP contribution in [0.3, 0.4) is 0 Å². The van der Waals surface area contributed by atoms with E-state index in [0.717, 1.165) is 22.3 Å². The van der Waals surface area contributed by atoms with Gasteiger partial charge in [-0.2, -0.15) is 4.52 Å². The van der Waals surface area contributed by atoms with Gasteiger partial charge in [0.1, 0.15) is 10.8 Å². The van der Waals surface area contributed by atoms with Crippen LogP contribution >= 0.6 is 11.3 Å². The van der Waals surface area contributed by atoms with E-state index in [0.29, 0.717) is 5.92 Å². The van der Waals surface area contributed by atoms with E-state index in [4.69, 9.17) is 0 Å². The number of thiazole rings is 1. The minimum Gasteiger partial charge on any atom is -0.359 e. The standard InChI is InChI=1S/C14H16N6S/c1-8-7-15-14(21-8)13(10-3-4-10)16-11-5-6-12-18-17-9(2)20(12)19-11/h5-7,10,13H,3-4H2,1-2H3,(H,16,19). The monoisotopic (exact) mass is 300 g/mol. The van der Waals surface area contributed by atoms with Gasteiger partial charge in [0.25, 0.3) is 0 Å². The number of fused-ring (bicyclic) bond motifs is 1. The molecule has 0 amide bonds. The zero-order valence-electron chi connectivity index (χ0n) is 11.9. The van der Waals surface area contributed by atoms with Gasteiger partial charge in [0.15, 0.2) is 11.5 Å². The molecule has 0 aromatic carbocycles. The normalized spacial score (nSPS) is 16.3. The van der Waals surface area contributed by atoms with E-state index in [1.54, 1.807) is 15.9 Å². The summed E-state index contributed by atoms with van der Waals surface area (Å²) in [5, 5.41) is 17.4. The highest BCUT2D eigenvalue weighted by Crippen LogP contribution is 2.43. The van der Waals surface area contributed by atoms with Crippen LogP contribution in [0.5, 0.6) is 0 Å². The number of aryl methyl sites for hydroxylation is 2. The number of aromatic nitrogens is 5. The third kappa shape index (κ3) is 2.37. The highest BCUT2D eigenvalue weighted by atomic mass is 32.1. The fourth-order valence-electron chi connectivity index (χ4n) is 2.46. The van der Waals surface area contributed by atoms with Crippen molar-refractivity contribution in [2.45, 2.75) is 32.7 Å². The minimum atomic E-state index is 0.255. The van der Waals surface area contributed by atoms with E-state index in [9.17, 15) is 0 Å². The summed E-state index contributed by atoms with van der Waals surface area (Å²) in [5.74, 6) is 2.30. The average molecular weight is 300 g/mol. The molecule has 4 rings (SSSR count). The summed E-state index contributed by atoms with van der Waals surface area (Å²) in [5.41, 5.74) is 0.770. The molecule has 1 atom stereocenters. The van der Waals surface area contributed by atoms with Crippen LogP contribution in [0.1, 0.15) is 34.6 Å². The van der Waals surface area contributed by atoms with Crippen LogP contribution in [0.15, 0.2) is 18.3 Å². The summed E-state index contributed by atoms with van der Waals surface area (Å²) in [6, 6.07) is 4.15. The SMILES string of the molecule is Cc1cnc(C(Nc2ccc3nnc(C)n3n2)C2CC2)s1. The quantitative estimate of drug-likeness (QED) is 0.802. The molecule has 6 nitrogen and oxygen atoms in total. The zero-order chi connectivity index (χ0) is 14.4. The predicted molar refractivity (Wildman–Crippen MR) is 81.5 cm³/mol. The summed E-state index contributed by atoms with van der Waals surface area (Å²) in [6.45, 7) is 4.00. The predicted octanol–water partition coefficient (Wildman–Crippen LogP) is 2.76. The average Bonchev–Trinajstić information content (AvgIpc) is 3.14. The fraction of sp³-hybridized carbons (Fsp3) is 0.429. The molecule has 3 aromatic heterocycles. The smallest absolute Gasteiger partial charge is 0.178 e. The van der Waals surface area contributed by atoms with Crippen LogP contribution in [-0.2, 0) is 0 Å². The maximum absolute atomic E-state index is 4.57. The van der Waals surface area contributed by atoms with Gasteiger partial charge in [-0.3, -0.25) is 0 Å². The lowest BCUT2D eigenvalue weighted by atomic mass is 10.2. The van der Waals surface area contributed by atoms with Crippen molar-refractivity contribution in [2.24, 2.45) is 5.92 Å². The molecule has 1 aliphatic rings. The second kappa shape index (κ2) is 4.77. The molecule has 3 aromatic rings. The van der Waals surface area contributed by atoms with Crippen molar-refractivity contribution in [1.82, 2.24) is 24.8 Å². The van der Waals surface area contributed by atoms with Gasteiger partial charge in [-0.05, 0) is 44.7 Å². The summed E-state index contributed by atoms with van der Waals surface area (Å²) in [6.07, 6.45) is 4.45. The number of nitrogens with zero attached hydrogens (tertiary/aromatic N) is 5. The van der Waals surface area contributed by atoms with Gasteiger partial charge in [0.2, 0.25) is 0 Å². The van der Waals surface area contributed by atoms with Crippen molar-refractivity contribution in [1.29, 1.82) is 0 Å². The van der Waals surface area contributed by atoms with E-state index in [-0.39, 0.29) is 6.04 Å². The Morgan fingerprint density at radius 1 is 1.29 bits per heavy atom. The van der Waals surface area contributed by atoms with E-state index >= 15 is 0 Å². The van der Waals surface area contributed by atoms with Crippen molar-refractivity contribution < 1.29 is 0 Å². The molecular formula is C14H16N6S. The van der Waals surface area contributed by atoms with Crippen LogP contribution in [0.25, 0.3) is 5.65 Å². The molecule has 108 valence electrons. The van der Waals surface area contributed by atoms with Crippen LogP contribution < -0.4 is 5.32 Å². The maximum atomic E-state index is 4.57. The Bertz CT molecular complexity index is 788. The van der Waals surface area contributed by atoms with Gasteiger partial charge in [-0.1, -0.05) is 0 Å². The summed E-state index contributed by atoms with van der Waals surface area (Å²) >= 11 is 1.76. The van der Waals surface area contributed by atoms with Crippen LogP contribution in [-0.4, -0.2) is 24.8 Å². The first-order valence-corrected chi connectivity index (χ1v) is 7.90. The van der Waals surface area contributed by atoms with Crippen molar-refractivity contribution in [2.75, 3.05) is 5.32 Å². The first-order chi connectivity index (χ1) is 10.2. The lowest BCUT2D eigenvalue weighted by Crippen LogP contribution is -2.14. The Hall–Kier alpha value is -2.02. The topological polar surface area (TPSA) is 68.0 Å². The third-order valence-corrected chi connectivity index (χ3v) is 4.72. The Morgan fingerprint density at radius 3 is 2.86 bits per heavy atom. The lowest BCUT2D eigenvalue weighted by Gasteiger charge is -2.16. The van der Waals surface area contributed by atoms with Crippen LogP contribution in [0.4, 0.5) is 5.82 Å². The zero-order valence-corrected chi connectivity index (χ0v) is 12.8. The van der Waals surface area contributed by atoms with Gasteiger partial charge in [0, 0.05) is 11.1 Å². The molecule has 1 N–H and O–H groups in total. The van der Waals surface area contributed by atoms with Crippen LogP contribution in [0, 0.1) is 19.8 Å². The molecule has 0 bridgehead atoms. The highest BCUT2D eigenvalue weighted by molar-refractivity contribution is 7.11. The molecule has 0 radical (unpaired) electrons. The Labute approximate surface area is 126 Å². The van der Waals surface area contributed by atoms with Gasteiger partial charge in [-0.25, -0.2) is 4.98 Å². The summed E-state index contributed by atoms with van der Waals surface area (Å²) in [7, 11) is 0. The maximum Gasteiger partial charge on any atom is 0.178 e. The van der Waals surface area contributed by atoms with Crippen molar-refractivity contribution in [3.63, 3.8) is 0 Å². The molecule has 0 saturated heterocycles. The van der Waals surface area contributed by atoms with Gasteiger partial charge in [-0.15, -0.1) is 26.6 Å². The largest absolute Gasteiger partial charge is 0.359 e. The molecule has 3 heterocycles. The number of anilines is 1. The van der Waals surface area contributed by atoms with E-state index in [2.05, 4.69) is 32.5 Å². The fourth-order valence-corrected chi connectivity index (χ4v) is 3.38. The molecular weight excluding hydrogens is 284 g/mol.